The molecule has 0 aliphatic carbocycles. The highest BCUT2D eigenvalue weighted by molar-refractivity contribution is 6.31. The van der Waals surface area contributed by atoms with E-state index in [0.29, 0.717) is 0 Å². The van der Waals surface area contributed by atoms with Gasteiger partial charge in [0.05, 0.1) is 16.1 Å². The highest BCUT2D eigenvalue weighted by atomic mass is 35.5. The van der Waals surface area contributed by atoms with Crippen LogP contribution in [0.5, 0.6) is 11.5 Å². The van der Waals surface area contributed by atoms with Crippen LogP contribution in [-0.4, -0.2) is 10.2 Å². The monoisotopic (exact) mass is 340 g/mol. The van der Waals surface area contributed by atoms with Crippen LogP contribution in [0.1, 0.15) is 17.6 Å². The van der Waals surface area contributed by atoms with Crippen LogP contribution in [-0.2, 0) is 6.18 Å². The summed E-state index contributed by atoms with van der Waals surface area (Å²) in [6.45, 7) is 0. The Bertz CT molecular complexity index is 609. The van der Waals surface area contributed by atoms with Crippen LogP contribution in [0.3, 0.4) is 0 Å². The van der Waals surface area contributed by atoms with Crippen molar-refractivity contribution < 1.29 is 32.2 Å². The molecule has 2 aromatic carbocycles. The summed E-state index contributed by atoms with van der Waals surface area (Å²) in [6, 6.07) is 8.28. The molecule has 8 heteroatoms. The molecule has 0 radical (unpaired) electrons. The predicted molar refractivity (Wildman–Crippen MR) is 71.2 cm³/mol. The Morgan fingerprint density at radius 2 is 1.41 bits per heavy atom. The van der Waals surface area contributed by atoms with Crippen LogP contribution in [0.2, 0.25) is 5.02 Å². The SMILES string of the molecule is Oc1cccc(Cl)c1C(F)F.Oc1ccccc1C(F)(F)F. The van der Waals surface area contributed by atoms with Crippen molar-refractivity contribution in [1.29, 1.82) is 0 Å². The standard InChI is InChI=1S/C7H5ClF2O.C7H5F3O/c8-4-2-1-3-5(11)6(4)7(9)10;8-7(9,10)5-3-1-2-4-6(5)11/h1-3,7,11H;1-4,11H. The van der Waals surface area contributed by atoms with Gasteiger partial charge < -0.3 is 10.2 Å². The number of para-hydroxylation sites is 1. The van der Waals surface area contributed by atoms with Crippen LogP contribution in [0.15, 0.2) is 42.5 Å². The van der Waals surface area contributed by atoms with Gasteiger partial charge in [0.15, 0.2) is 0 Å². The van der Waals surface area contributed by atoms with E-state index in [0.717, 1.165) is 12.1 Å². The molecule has 22 heavy (non-hydrogen) atoms. The molecular formula is C14H10ClF5O2. The molecule has 0 aromatic heterocycles. The number of hydrogen-bond donors (Lipinski definition) is 2. The van der Waals surface area contributed by atoms with E-state index in [1.807, 2.05) is 0 Å². The molecule has 0 amide bonds. The largest absolute Gasteiger partial charge is 0.507 e. The summed E-state index contributed by atoms with van der Waals surface area (Å²) >= 11 is 5.38. The van der Waals surface area contributed by atoms with Gasteiger partial charge in [-0.1, -0.05) is 29.8 Å². The minimum Gasteiger partial charge on any atom is -0.507 e. The van der Waals surface area contributed by atoms with E-state index in [1.54, 1.807) is 0 Å². The Labute approximate surface area is 127 Å². The number of alkyl halides is 5. The zero-order valence-corrected chi connectivity index (χ0v) is 11.5. The van der Waals surface area contributed by atoms with E-state index >= 15 is 0 Å². The van der Waals surface area contributed by atoms with Gasteiger partial charge in [0.25, 0.3) is 6.43 Å². The van der Waals surface area contributed by atoms with E-state index in [-0.39, 0.29) is 5.02 Å². The lowest BCUT2D eigenvalue weighted by Gasteiger charge is -2.06. The van der Waals surface area contributed by atoms with E-state index in [4.69, 9.17) is 21.8 Å². The normalized spacial score (nSPS) is 11.0. The third kappa shape index (κ3) is 4.77. The zero-order chi connectivity index (χ0) is 16.9. The predicted octanol–water partition coefficient (Wildman–Crippen LogP) is 5.39. The van der Waals surface area contributed by atoms with Crippen molar-refractivity contribution >= 4 is 11.6 Å². The lowest BCUT2D eigenvalue weighted by Crippen LogP contribution is -2.04. The first-order valence-electron chi connectivity index (χ1n) is 5.75. The molecule has 2 rings (SSSR count). The average molecular weight is 341 g/mol. The van der Waals surface area contributed by atoms with Gasteiger partial charge in [-0.3, -0.25) is 0 Å². The molecule has 0 aliphatic rings. The first-order valence-corrected chi connectivity index (χ1v) is 6.13. The van der Waals surface area contributed by atoms with Crippen molar-refractivity contribution in [2.45, 2.75) is 12.6 Å². The van der Waals surface area contributed by atoms with Crippen molar-refractivity contribution in [3.63, 3.8) is 0 Å². The highest BCUT2D eigenvalue weighted by Crippen LogP contribution is 2.35. The van der Waals surface area contributed by atoms with Gasteiger partial charge in [0, 0.05) is 0 Å². The van der Waals surface area contributed by atoms with Gasteiger partial charge in [-0.05, 0) is 24.3 Å². The number of rotatable bonds is 1. The lowest BCUT2D eigenvalue weighted by molar-refractivity contribution is -0.138. The van der Waals surface area contributed by atoms with E-state index < -0.39 is 35.2 Å². The van der Waals surface area contributed by atoms with Gasteiger partial charge in [0.2, 0.25) is 0 Å². The van der Waals surface area contributed by atoms with Gasteiger partial charge in [-0.2, -0.15) is 13.2 Å². The summed E-state index contributed by atoms with van der Waals surface area (Å²) in [5.41, 5.74) is -1.51. The first-order chi connectivity index (χ1) is 10.1. The summed E-state index contributed by atoms with van der Waals surface area (Å²) < 4.78 is 59.8. The molecule has 0 aliphatic heterocycles. The number of hydrogen-bond acceptors (Lipinski definition) is 2. The Hall–Kier alpha value is -2.02. The minimum absolute atomic E-state index is 0.111. The molecular weight excluding hydrogens is 331 g/mol. The third-order valence-corrected chi connectivity index (χ3v) is 2.79. The van der Waals surface area contributed by atoms with Crippen LogP contribution in [0.4, 0.5) is 22.0 Å². The fraction of sp³-hybridized carbons (Fsp3) is 0.143. The van der Waals surface area contributed by atoms with Crippen molar-refractivity contribution in [1.82, 2.24) is 0 Å². The first kappa shape index (κ1) is 18.0. The molecule has 0 bridgehead atoms. The average Bonchev–Trinajstić information content (AvgIpc) is 2.38. The van der Waals surface area contributed by atoms with E-state index in [1.165, 1.54) is 30.3 Å². The van der Waals surface area contributed by atoms with Crippen molar-refractivity contribution in [3.8, 4) is 11.5 Å². The Kier molecular flexibility index (Phi) is 5.99. The molecule has 0 heterocycles. The fourth-order valence-electron chi connectivity index (χ4n) is 1.46. The molecule has 0 saturated heterocycles. The van der Waals surface area contributed by atoms with Gasteiger partial charge >= 0.3 is 6.18 Å². The second kappa shape index (κ2) is 7.31. The smallest absolute Gasteiger partial charge is 0.419 e. The number of halogens is 6. The number of phenols is 2. The highest BCUT2D eigenvalue weighted by Gasteiger charge is 2.33. The quantitative estimate of drug-likeness (QED) is 0.683. The van der Waals surface area contributed by atoms with Crippen LogP contribution in [0.25, 0.3) is 0 Å². The van der Waals surface area contributed by atoms with Crippen LogP contribution in [0, 0.1) is 0 Å². The summed E-state index contributed by atoms with van der Waals surface area (Å²) in [4.78, 5) is 0. The molecule has 0 unspecified atom stereocenters. The molecule has 2 N–H and O–H groups in total. The van der Waals surface area contributed by atoms with E-state index in [2.05, 4.69) is 0 Å². The summed E-state index contributed by atoms with van der Waals surface area (Å²) in [6.07, 6.45) is -7.20. The second-order valence-electron chi connectivity index (χ2n) is 3.99. The molecule has 0 atom stereocenters. The Morgan fingerprint density at radius 3 is 1.77 bits per heavy atom. The van der Waals surface area contributed by atoms with Gasteiger partial charge in [-0.25, -0.2) is 8.78 Å². The molecule has 120 valence electrons. The topological polar surface area (TPSA) is 40.5 Å². The maximum atomic E-state index is 12.0. The van der Waals surface area contributed by atoms with Gasteiger partial charge in [-0.15, -0.1) is 0 Å². The van der Waals surface area contributed by atoms with Crippen molar-refractivity contribution in [3.05, 3.63) is 58.6 Å². The van der Waals surface area contributed by atoms with Crippen LogP contribution >= 0.6 is 11.6 Å². The zero-order valence-electron chi connectivity index (χ0n) is 10.8. The molecule has 0 saturated carbocycles. The maximum absolute atomic E-state index is 12.0. The third-order valence-electron chi connectivity index (χ3n) is 2.46. The number of phenolic OH excluding ortho intramolecular Hbond substituents is 2. The van der Waals surface area contributed by atoms with Gasteiger partial charge in [0.1, 0.15) is 11.5 Å². The Morgan fingerprint density at radius 1 is 0.864 bits per heavy atom. The molecule has 2 aromatic rings. The van der Waals surface area contributed by atoms with Crippen molar-refractivity contribution in [2.75, 3.05) is 0 Å². The van der Waals surface area contributed by atoms with Crippen molar-refractivity contribution in [2.24, 2.45) is 0 Å². The maximum Gasteiger partial charge on any atom is 0.419 e. The minimum atomic E-state index is -4.47. The molecule has 0 spiro atoms. The number of benzene rings is 2. The fourth-order valence-corrected chi connectivity index (χ4v) is 1.71. The number of aromatic hydroxyl groups is 2. The van der Waals surface area contributed by atoms with E-state index in [9.17, 15) is 22.0 Å². The molecule has 2 nitrogen and oxygen atoms in total. The Balaban J connectivity index is 0.000000220. The molecule has 0 fully saturated rings. The summed E-state index contributed by atoms with van der Waals surface area (Å²) in [5.74, 6) is -1.20. The van der Waals surface area contributed by atoms with Crippen LogP contribution < -0.4 is 0 Å². The summed E-state index contributed by atoms with van der Waals surface area (Å²) in [7, 11) is 0. The second-order valence-corrected chi connectivity index (χ2v) is 4.40. The summed E-state index contributed by atoms with van der Waals surface area (Å²) in [5, 5.41) is 17.5. The lowest BCUT2D eigenvalue weighted by atomic mass is 10.2.